The first-order chi connectivity index (χ1) is 7.90. The van der Waals surface area contributed by atoms with Crippen molar-refractivity contribution in [2.75, 3.05) is 0 Å². The van der Waals surface area contributed by atoms with Crippen LogP contribution in [0.5, 0.6) is 0 Å². The molecule has 1 aromatic carbocycles. The molecule has 0 fully saturated rings. The van der Waals surface area contributed by atoms with Crippen LogP contribution < -0.4 is 0 Å². The van der Waals surface area contributed by atoms with Gasteiger partial charge in [0.1, 0.15) is 5.82 Å². The second kappa shape index (κ2) is 5.57. The molecular formula is C13H16FNO2. The van der Waals surface area contributed by atoms with Gasteiger partial charge < -0.3 is 0 Å². The van der Waals surface area contributed by atoms with Gasteiger partial charge >= 0.3 is 0 Å². The van der Waals surface area contributed by atoms with E-state index in [1.54, 1.807) is 19.1 Å². The van der Waals surface area contributed by atoms with E-state index < -0.39 is 4.92 Å². The van der Waals surface area contributed by atoms with Gasteiger partial charge in [-0.25, -0.2) is 4.39 Å². The number of hydrogen-bond acceptors (Lipinski definition) is 2. The smallest absolute Gasteiger partial charge is 0.247 e. The predicted octanol–water partition coefficient (Wildman–Crippen LogP) is 3.80. The summed E-state index contributed by atoms with van der Waals surface area (Å²) in [5.41, 5.74) is 1.18. The van der Waals surface area contributed by atoms with E-state index in [1.807, 2.05) is 13.8 Å². The summed E-state index contributed by atoms with van der Waals surface area (Å²) in [6.45, 7) is 5.48. The quantitative estimate of drug-likeness (QED) is 0.590. The number of rotatable bonds is 4. The molecule has 0 amide bonds. The molecule has 3 nitrogen and oxygen atoms in total. The number of hydrogen-bond donors (Lipinski definition) is 0. The third kappa shape index (κ3) is 3.98. The molecule has 1 rings (SSSR count). The van der Waals surface area contributed by atoms with Gasteiger partial charge in [0.05, 0.1) is 4.92 Å². The van der Waals surface area contributed by atoms with Gasteiger partial charge in [0.15, 0.2) is 0 Å². The van der Waals surface area contributed by atoms with Crippen LogP contribution in [0.1, 0.15) is 31.4 Å². The highest BCUT2D eigenvalue weighted by Crippen LogP contribution is 2.17. The fourth-order valence-corrected chi connectivity index (χ4v) is 1.50. The Hall–Kier alpha value is -1.71. The standard InChI is InChI=1S/C13H16FNO2/c1-9(2)6-12(15(16)17)7-11-5-4-10(3)13(14)8-11/h4-5,7-9H,6H2,1-3H3. The van der Waals surface area contributed by atoms with Crippen LogP contribution in [0, 0.1) is 28.8 Å². The van der Waals surface area contributed by atoms with Gasteiger partial charge in [-0.05, 0) is 30.0 Å². The van der Waals surface area contributed by atoms with E-state index in [1.165, 1.54) is 12.1 Å². The van der Waals surface area contributed by atoms with Gasteiger partial charge in [-0.1, -0.05) is 26.0 Å². The molecule has 0 atom stereocenters. The number of aryl methyl sites for hydroxylation is 1. The minimum Gasteiger partial charge on any atom is -0.259 e. The molecule has 0 unspecified atom stereocenters. The normalized spacial score (nSPS) is 11.9. The molecule has 17 heavy (non-hydrogen) atoms. The Morgan fingerprint density at radius 2 is 2.18 bits per heavy atom. The van der Waals surface area contributed by atoms with Crippen molar-refractivity contribution in [3.63, 3.8) is 0 Å². The molecule has 0 spiro atoms. The van der Waals surface area contributed by atoms with Crippen molar-refractivity contribution >= 4 is 6.08 Å². The van der Waals surface area contributed by atoms with Gasteiger partial charge in [-0.15, -0.1) is 0 Å². The summed E-state index contributed by atoms with van der Waals surface area (Å²) < 4.78 is 13.3. The van der Waals surface area contributed by atoms with Crippen LogP contribution in [-0.2, 0) is 0 Å². The van der Waals surface area contributed by atoms with Crippen molar-refractivity contribution in [3.8, 4) is 0 Å². The van der Waals surface area contributed by atoms with E-state index >= 15 is 0 Å². The zero-order chi connectivity index (χ0) is 13.0. The number of nitrogens with zero attached hydrogens (tertiary/aromatic N) is 1. The molecule has 0 radical (unpaired) electrons. The molecule has 92 valence electrons. The number of halogens is 1. The monoisotopic (exact) mass is 237 g/mol. The first kappa shape index (κ1) is 13.4. The lowest BCUT2D eigenvalue weighted by Gasteiger charge is -2.03. The molecule has 0 bridgehead atoms. The molecule has 0 aliphatic heterocycles. The summed E-state index contributed by atoms with van der Waals surface area (Å²) in [6, 6.07) is 4.62. The second-order valence-electron chi connectivity index (χ2n) is 4.50. The van der Waals surface area contributed by atoms with Crippen molar-refractivity contribution in [2.45, 2.75) is 27.2 Å². The summed E-state index contributed by atoms with van der Waals surface area (Å²) in [5, 5.41) is 10.8. The van der Waals surface area contributed by atoms with Crippen LogP contribution in [0.25, 0.3) is 6.08 Å². The highest BCUT2D eigenvalue weighted by Gasteiger charge is 2.13. The second-order valence-corrected chi connectivity index (χ2v) is 4.50. The van der Waals surface area contributed by atoms with E-state index in [-0.39, 0.29) is 17.4 Å². The van der Waals surface area contributed by atoms with E-state index in [9.17, 15) is 14.5 Å². The van der Waals surface area contributed by atoms with Gasteiger partial charge in [-0.3, -0.25) is 10.1 Å². The summed E-state index contributed by atoms with van der Waals surface area (Å²) in [4.78, 5) is 10.4. The van der Waals surface area contributed by atoms with Crippen molar-refractivity contribution in [1.29, 1.82) is 0 Å². The van der Waals surface area contributed by atoms with Crippen molar-refractivity contribution in [2.24, 2.45) is 5.92 Å². The van der Waals surface area contributed by atoms with Crippen LogP contribution in [0.2, 0.25) is 0 Å². The molecule has 0 saturated heterocycles. The Labute approximate surface area is 100 Å². The van der Waals surface area contributed by atoms with Crippen LogP contribution in [0.15, 0.2) is 23.9 Å². The molecule has 1 aromatic rings. The summed E-state index contributed by atoms with van der Waals surface area (Å²) in [6.07, 6.45) is 1.81. The zero-order valence-electron chi connectivity index (χ0n) is 10.2. The third-order valence-electron chi connectivity index (χ3n) is 2.38. The van der Waals surface area contributed by atoms with Gasteiger partial charge in [0, 0.05) is 12.5 Å². The van der Waals surface area contributed by atoms with E-state index in [0.29, 0.717) is 17.5 Å². The lowest BCUT2D eigenvalue weighted by molar-refractivity contribution is -0.427. The van der Waals surface area contributed by atoms with Gasteiger partial charge in [-0.2, -0.15) is 0 Å². The number of benzene rings is 1. The highest BCUT2D eigenvalue weighted by atomic mass is 19.1. The Morgan fingerprint density at radius 1 is 1.53 bits per heavy atom. The number of nitro groups is 1. The predicted molar refractivity (Wildman–Crippen MR) is 65.6 cm³/mol. The first-order valence-corrected chi connectivity index (χ1v) is 5.51. The SMILES string of the molecule is Cc1ccc(C=C(CC(C)C)[N+](=O)[O-])cc1F. The summed E-state index contributed by atoms with van der Waals surface area (Å²) >= 11 is 0. The highest BCUT2D eigenvalue weighted by molar-refractivity contribution is 5.51. The van der Waals surface area contributed by atoms with Crippen molar-refractivity contribution in [1.82, 2.24) is 0 Å². The largest absolute Gasteiger partial charge is 0.259 e. The lowest BCUT2D eigenvalue weighted by atomic mass is 10.1. The fourth-order valence-electron chi connectivity index (χ4n) is 1.50. The summed E-state index contributed by atoms with van der Waals surface area (Å²) in [5.74, 6) is -0.145. The Kier molecular flexibility index (Phi) is 4.37. The Bertz CT molecular complexity index is 453. The van der Waals surface area contributed by atoms with Gasteiger partial charge in [0.25, 0.3) is 0 Å². The molecule has 0 N–H and O–H groups in total. The van der Waals surface area contributed by atoms with Crippen LogP contribution in [0.3, 0.4) is 0 Å². The topological polar surface area (TPSA) is 43.1 Å². The Morgan fingerprint density at radius 3 is 2.65 bits per heavy atom. The molecular weight excluding hydrogens is 221 g/mol. The molecule has 0 aliphatic carbocycles. The first-order valence-electron chi connectivity index (χ1n) is 5.51. The molecule has 4 heteroatoms. The molecule has 0 saturated carbocycles. The molecule has 0 aliphatic rings. The zero-order valence-corrected chi connectivity index (χ0v) is 10.2. The van der Waals surface area contributed by atoms with E-state index in [4.69, 9.17) is 0 Å². The minimum absolute atomic E-state index is 0.114. The van der Waals surface area contributed by atoms with Crippen molar-refractivity contribution < 1.29 is 9.31 Å². The maximum atomic E-state index is 13.3. The number of allylic oxidation sites excluding steroid dienone is 1. The molecule has 0 heterocycles. The Balaban J connectivity index is 3.04. The maximum absolute atomic E-state index is 13.3. The van der Waals surface area contributed by atoms with Crippen molar-refractivity contribution in [3.05, 3.63) is 51.0 Å². The maximum Gasteiger partial charge on any atom is 0.247 e. The van der Waals surface area contributed by atoms with E-state index in [0.717, 1.165) is 0 Å². The third-order valence-corrected chi connectivity index (χ3v) is 2.38. The summed E-state index contributed by atoms with van der Waals surface area (Å²) in [7, 11) is 0. The van der Waals surface area contributed by atoms with Gasteiger partial charge in [0.2, 0.25) is 5.70 Å². The van der Waals surface area contributed by atoms with Crippen LogP contribution in [0.4, 0.5) is 4.39 Å². The fraction of sp³-hybridized carbons (Fsp3) is 0.385. The average Bonchev–Trinajstić information content (AvgIpc) is 2.21. The average molecular weight is 237 g/mol. The lowest BCUT2D eigenvalue weighted by Crippen LogP contribution is -2.02. The van der Waals surface area contributed by atoms with E-state index in [2.05, 4.69) is 0 Å². The van der Waals surface area contributed by atoms with Crippen LogP contribution >= 0.6 is 0 Å². The minimum atomic E-state index is -0.405. The van der Waals surface area contributed by atoms with Crippen LogP contribution in [-0.4, -0.2) is 4.92 Å². The molecule has 0 aromatic heterocycles.